The maximum absolute atomic E-state index is 12.7. The third-order valence-corrected chi connectivity index (χ3v) is 3.60. The molecule has 0 aliphatic rings. The zero-order chi connectivity index (χ0) is 18.8. The molecule has 1 N–H and O–H groups in total. The van der Waals surface area contributed by atoms with Gasteiger partial charge in [-0.2, -0.15) is 13.2 Å². The van der Waals surface area contributed by atoms with Crippen molar-refractivity contribution in [2.24, 2.45) is 0 Å². The topological polar surface area (TPSA) is 54.3 Å². The summed E-state index contributed by atoms with van der Waals surface area (Å²) in [5.74, 6) is -0.585. The summed E-state index contributed by atoms with van der Waals surface area (Å²) < 4.78 is 39.0. The molecule has 5 nitrogen and oxygen atoms in total. The zero-order valence-corrected chi connectivity index (χ0v) is 14.0. The van der Waals surface area contributed by atoms with Gasteiger partial charge in [0, 0.05) is 31.7 Å². The van der Waals surface area contributed by atoms with E-state index in [1.54, 1.807) is 12.1 Å². The maximum Gasteiger partial charge on any atom is 0.421 e. The average Bonchev–Trinajstić information content (AvgIpc) is 2.47. The number of hydrogen-bond acceptors (Lipinski definition) is 3. The molecule has 2 rings (SSSR count). The van der Waals surface area contributed by atoms with Crippen LogP contribution in [0.2, 0.25) is 0 Å². The van der Waals surface area contributed by atoms with E-state index in [-0.39, 0.29) is 0 Å². The van der Waals surface area contributed by atoms with Crippen LogP contribution in [0.25, 0.3) is 0 Å². The van der Waals surface area contributed by atoms with Gasteiger partial charge in [-0.25, -0.2) is 0 Å². The number of amides is 1. The molecule has 134 valence electrons. The zero-order valence-electron chi connectivity index (χ0n) is 14.0. The molecule has 0 radical (unpaired) electrons. The number of aryl methyl sites for hydroxylation is 1. The smallest absolute Gasteiger partial charge is 0.377 e. The van der Waals surface area contributed by atoms with Crippen molar-refractivity contribution in [2.45, 2.75) is 19.6 Å². The van der Waals surface area contributed by atoms with Gasteiger partial charge in [-0.15, -0.1) is 0 Å². The predicted molar refractivity (Wildman–Crippen MR) is 89.8 cm³/mol. The third-order valence-electron chi connectivity index (χ3n) is 3.60. The number of alkyl halides is 3. The highest BCUT2D eigenvalue weighted by Gasteiger charge is 2.34. The fourth-order valence-corrected chi connectivity index (χ4v) is 2.47. The molecule has 0 aliphatic carbocycles. The lowest BCUT2D eigenvalue weighted by Gasteiger charge is -2.17. The molecule has 2 aromatic rings. The second kappa shape index (κ2) is 7.00. The third kappa shape index (κ3) is 4.40. The Kier molecular flexibility index (Phi) is 5.20. The fourth-order valence-electron chi connectivity index (χ4n) is 2.47. The summed E-state index contributed by atoms with van der Waals surface area (Å²) in [5.41, 5.74) is -0.127. The van der Waals surface area contributed by atoms with E-state index in [0.29, 0.717) is 11.8 Å². The quantitative estimate of drug-likeness (QED) is 0.920. The molecule has 0 saturated heterocycles. The van der Waals surface area contributed by atoms with Crippen molar-refractivity contribution in [1.29, 1.82) is 0 Å². The minimum absolute atomic E-state index is 0.503. The Bertz CT molecular complexity index is 842. The lowest BCUT2D eigenvalue weighted by molar-refractivity contribution is -0.139. The molecule has 1 heterocycles. The van der Waals surface area contributed by atoms with Gasteiger partial charge in [0.25, 0.3) is 5.56 Å². The van der Waals surface area contributed by atoms with Gasteiger partial charge in [0.15, 0.2) is 0 Å². The fraction of sp³-hybridized carbons (Fsp3) is 0.294. The van der Waals surface area contributed by atoms with Crippen molar-refractivity contribution < 1.29 is 18.0 Å². The molecule has 0 spiro atoms. The van der Waals surface area contributed by atoms with Crippen LogP contribution in [0.15, 0.2) is 41.3 Å². The first-order valence-corrected chi connectivity index (χ1v) is 7.44. The number of carbonyl (C=O) groups excluding carboxylic acids is 1. The van der Waals surface area contributed by atoms with Crippen molar-refractivity contribution in [3.8, 4) is 0 Å². The number of aromatic nitrogens is 1. The Morgan fingerprint density at radius 2 is 1.92 bits per heavy atom. The molecule has 1 amide bonds. The molecule has 1 aromatic carbocycles. The number of carbonyl (C=O) groups is 1. The van der Waals surface area contributed by atoms with Crippen LogP contribution in [0.3, 0.4) is 0 Å². The summed E-state index contributed by atoms with van der Waals surface area (Å²) in [7, 11) is 3.78. The molecule has 0 unspecified atom stereocenters. The molecule has 0 atom stereocenters. The highest BCUT2D eigenvalue weighted by atomic mass is 19.4. The predicted octanol–water partition coefficient (Wildman–Crippen LogP) is 2.88. The summed E-state index contributed by atoms with van der Waals surface area (Å²) in [6.45, 7) is 1.37. The number of nitrogens with zero attached hydrogens (tertiary/aromatic N) is 2. The first kappa shape index (κ1) is 18.6. The van der Waals surface area contributed by atoms with Crippen molar-refractivity contribution in [3.05, 3.63) is 58.0 Å². The van der Waals surface area contributed by atoms with Crippen LogP contribution in [-0.4, -0.2) is 24.6 Å². The van der Waals surface area contributed by atoms with E-state index in [4.69, 9.17) is 0 Å². The highest BCUT2D eigenvalue weighted by Crippen LogP contribution is 2.26. The first-order valence-electron chi connectivity index (χ1n) is 7.44. The van der Waals surface area contributed by atoms with E-state index < -0.39 is 29.8 Å². The van der Waals surface area contributed by atoms with Gasteiger partial charge >= 0.3 is 6.18 Å². The Labute approximate surface area is 142 Å². The summed E-state index contributed by atoms with van der Waals surface area (Å²) in [5, 5.41) is 2.58. The summed E-state index contributed by atoms with van der Waals surface area (Å²) >= 11 is 0. The molecule has 0 aliphatic heterocycles. The second-order valence-electron chi connectivity index (χ2n) is 5.80. The molecular weight excluding hydrogens is 335 g/mol. The van der Waals surface area contributed by atoms with Crippen molar-refractivity contribution in [2.75, 3.05) is 24.3 Å². The summed E-state index contributed by atoms with van der Waals surface area (Å²) in [6.07, 6.45) is -3.60. The maximum atomic E-state index is 12.7. The Balaban J connectivity index is 2.16. The lowest BCUT2D eigenvalue weighted by atomic mass is 10.1. The van der Waals surface area contributed by atoms with Crippen LogP contribution in [-0.2, 0) is 17.5 Å². The van der Waals surface area contributed by atoms with Gasteiger partial charge in [-0.1, -0.05) is 0 Å². The van der Waals surface area contributed by atoms with E-state index in [0.717, 1.165) is 28.1 Å². The van der Waals surface area contributed by atoms with Crippen LogP contribution in [0.4, 0.5) is 24.5 Å². The number of anilines is 2. The van der Waals surface area contributed by atoms with Gasteiger partial charge in [-0.3, -0.25) is 9.59 Å². The molecule has 0 bridgehead atoms. The minimum Gasteiger partial charge on any atom is -0.377 e. The van der Waals surface area contributed by atoms with E-state index in [9.17, 15) is 22.8 Å². The van der Waals surface area contributed by atoms with E-state index in [1.807, 2.05) is 32.0 Å². The first-order chi connectivity index (χ1) is 11.6. The normalized spacial score (nSPS) is 11.3. The van der Waals surface area contributed by atoms with Gasteiger partial charge in [0.05, 0.1) is 0 Å². The van der Waals surface area contributed by atoms with Crippen molar-refractivity contribution in [3.63, 3.8) is 0 Å². The van der Waals surface area contributed by atoms with Crippen LogP contribution < -0.4 is 15.8 Å². The number of hydrogen-bond donors (Lipinski definition) is 1. The van der Waals surface area contributed by atoms with Gasteiger partial charge < -0.3 is 14.8 Å². The highest BCUT2D eigenvalue weighted by molar-refractivity contribution is 5.91. The molecule has 8 heteroatoms. The molecule has 25 heavy (non-hydrogen) atoms. The second-order valence-corrected chi connectivity index (χ2v) is 5.80. The van der Waals surface area contributed by atoms with Crippen LogP contribution in [0.1, 0.15) is 11.1 Å². The number of rotatable bonds is 4. The summed E-state index contributed by atoms with van der Waals surface area (Å²) in [6, 6.07) is 7.05. The van der Waals surface area contributed by atoms with Gasteiger partial charge in [0.2, 0.25) is 5.91 Å². The lowest BCUT2D eigenvalue weighted by Crippen LogP contribution is -2.31. The number of halogens is 3. The van der Waals surface area contributed by atoms with Crippen molar-refractivity contribution >= 4 is 17.3 Å². The van der Waals surface area contributed by atoms with E-state index in [1.165, 1.54) is 0 Å². The monoisotopic (exact) mass is 353 g/mol. The van der Waals surface area contributed by atoms with Crippen LogP contribution in [0, 0.1) is 6.92 Å². The number of pyridine rings is 1. The average molecular weight is 353 g/mol. The Hall–Kier alpha value is -2.77. The minimum atomic E-state index is -4.75. The Morgan fingerprint density at radius 1 is 1.24 bits per heavy atom. The van der Waals surface area contributed by atoms with Gasteiger partial charge in [-0.05, 0) is 42.8 Å². The van der Waals surface area contributed by atoms with Crippen molar-refractivity contribution in [1.82, 2.24) is 4.57 Å². The number of nitrogens with one attached hydrogen (secondary N) is 1. The molecular formula is C17H18F3N3O2. The molecule has 0 fully saturated rings. The number of benzene rings is 1. The van der Waals surface area contributed by atoms with Gasteiger partial charge in [0.1, 0.15) is 12.1 Å². The van der Waals surface area contributed by atoms with Crippen LogP contribution in [0.5, 0.6) is 0 Å². The SMILES string of the molecule is Cc1cc(NC(=O)Cn2cccc(C(F)(F)F)c2=O)ccc1N(C)C. The summed E-state index contributed by atoms with van der Waals surface area (Å²) in [4.78, 5) is 25.8. The van der Waals surface area contributed by atoms with E-state index in [2.05, 4.69) is 5.32 Å². The molecule has 1 aromatic heterocycles. The standard InChI is InChI=1S/C17H18F3N3O2/c1-11-9-12(6-7-14(11)22(2)3)21-15(24)10-23-8-4-5-13(16(23)25)17(18,19)20/h4-9H,10H2,1-3H3,(H,21,24). The van der Waals surface area contributed by atoms with E-state index >= 15 is 0 Å². The Morgan fingerprint density at radius 3 is 2.48 bits per heavy atom. The molecule has 0 saturated carbocycles. The van der Waals surface area contributed by atoms with Crippen LogP contribution >= 0.6 is 0 Å². The largest absolute Gasteiger partial charge is 0.421 e.